The first-order valence-electron chi connectivity index (χ1n) is 14.0. The summed E-state index contributed by atoms with van der Waals surface area (Å²) in [7, 11) is 0. The summed E-state index contributed by atoms with van der Waals surface area (Å²) in [5.41, 5.74) is 1.79. The van der Waals surface area contributed by atoms with Gasteiger partial charge in [0.1, 0.15) is 0 Å². The van der Waals surface area contributed by atoms with E-state index in [0.717, 1.165) is 35.5 Å². The first kappa shape index (κ1) is 24.6. The molecule has 0 radical (unpaired) electrons. The van der Waals surface area contributed by atoms with Crippen LogP contribution in [0.15, 0.2) is 0 Å². The minimum absolute atomic E-state index is 0.492. The SMILES string of the molecule is CC1CCC2(C(C)C)CCCC2C1CCC1C(C)CCCC1(C)CCCC(C)(C)C. The number of fused-ring (bicyclic) bond motifs is 1. The minimum atomic E-state index is 0.492. The van der Waals surface area contributed by atoms with Gasteiger partial charge in [-0.1, -0.05) is 81.1 Å². The fourth-order valence-corrected chi connectivity index (χ4v) is 8.91. The zero-order chi connectivity index (χ0) is 22.2. The topological polar surface area (TPSA) is 0 Å². The Hall–Kier alpha value is 0. The summed E-state index contributed by atoms with van der Waals surface area (Å²) in [6, 6.07) is 0. The third kappa shape index (κ3) is 5.14. The lowest BCUT2D eigenvalue weighted by molar-refractivity contribution is -0.0208. The Kier molecular flexibility index (Phi) is 7.78. The Labute approximate surface area is 190 Å². The van der Waals surface area contributed by atoms with Gasteiger partial charge in [0.05, 0.1) is 0 Å². The molecule has 3 fully saturated rings. The highest BCUT2D eigenvalue weighted by atomic mass is 14.6. The summed E-state index contributed by atoms with van der Waals surface area (Å²) in [6.07, 6.45) is 19.4. The zero-order valence-electron chi connectivity index (χ0n) is 22.2. The van der Waals surface area contributed by atoms with Crippen molar-refractivity contribution in [3.8, 4) is 0 Å². The van der Waals surface area contributed by atoms with E-state index in [-0.39, 0.29) is 0 Å². The fourth-order valence-electron chi connectivity index (χ4n) is 8.91. The monoisotopic (exact) mass is 416 g/mol. The van der Waals surface area contributed by atoms with E-state index in [1.807, 2.05) is 0 Å². The van der Waals surface area contributed by atoms with Crippen LogP contribution in [-0.4, -0.2) is 0 Å². The smallest absolute Gasteiger partial charge is 0.0243 e. The predicted molar refractivity (Wildman–Crippen MR) is 134 cm³/mol. The van der Waals surface area contributed by atoms with Crippen molar-refractivity contribution in [2.24, 2.45) is 51.8 Å². The normalized spacial score (nSPS) is 42.5. The maximum absolute atomic E-state index is 2.69. The Balaban J connectivity index is 1.68. The summed E-state index contributed by atoms with van der Waals surface area (Å²) in [6.45, 7) is 20.2. The van der Waals surface area contributed by atoms with Gasteiger partial charge in [-0.3, -0.25) is 0 Å². The molecular formula is C30H56. The lowest BCUT2D eigenvalue weighted by Crippen LogP contribution is -2.43. The summed E-state index contributed by atoms with van der Waals surface area (Å²) in [5, 5.41) is 0. The Morgan fingerprint density at radius 3 is 2.23 bits per heavy atom. The van der Waals surface area contributed by atoms with Crippen molar-refractivity contribution in [2.45, 2.75) is 139 Å². The van der Waals surface area contributed by atoms with Crippen LogP contribution in [0.4, 0.5) is 0 Å². The van der Waals surface area contributed by atoms with Gasteiger partial charge in [-0.2, -0.15) is 0 Å². The summed E-state index contributed by atoms with van der Waals surface area (Å²) in [4.78, 5) is 0. The van der Waals surface area contributed by atoms with E-state index in [9.17, 15) is 0 Å². The van der Waals surface area contributed by atoms with Gasteiger partial charge in [-0.25, -0.2) is 0 Å². The molecule has 0 aliphatic heterocycles. The summed E-state index contributed by atoms with van der Waals surface area (Å²) in [5.74, 6) is 5.80. The standard InChI is InChI=1S/C30H56/c1-22(2)30-20-10-13-27(30)25(23(3)16-21-30)14-15-26-24(4)12-9-18-29(26,8)19-11-17-28(5,6)7/h22-27H,9-21H2,1-8H3. The van der Waals surface area contributed by atoms with Crippen LogP contribution in [0.3, 0.4) is 0 Å². The molecule has 0 heterocycles. The molecule has 0 heteroatoms. The molecule has 0 nitrogen and oxygen atoms in total. The predicted octanol–water partition coefficient (Wildman–Crippen LogP) is 9.91. The van der Waals surface area contributed by atoms with E-state index in [0.29, 0.717) is 16.2 Å². The Bertz CT molecular complexity index is 539. The lowest BCUT2D eigenvalue weighted by Gasteiger charge is -2.51. The van der Waals surface area contributed by atoms with E-state index in [2.05, 4.69) is 55.4 Å². The highest BCUT2D eigenvalue weighted by Gasteiger charge is 2.52. The van der Waals surface area contributed by atoms with Gasteiger partial charge in [0.25, 0.3) is 0 Å². The molecule has 0 N–H and O–H groups in total. The number of rotatable bonds is 7. The third-order valence-electron chi connectivity index (χ3n) is 10.8. The van der Waals surface area contributed by atoms with Crippen LogP contribution >= 0.6 is 0 Å². The van der Waals surface area contributed by atoms with Crippen molar-refractivity contribution in [1.82, 2.24) is 0 Å². The van der Waals surface area contributed by atoms with E-state index < -0.39 is 0 Å². The molecule has 3 aliphatic carbocycles. The molecule has 0 bridgehead atoms. The van der Waals surface area contributed by atoms with Crippen molar-refractivity contribution < 1.29 is 0 Å². The third-order valence-corrected chi connectivity index (χ3v) is 10.8. The highest BCUT2D eigenvalue weighted by molar-refractivity contribution is 5.02. The zero-order valence-corrected chi connectivity index (χ0v) is 22.2. The number of hydrogen-bond donors (Lipinski definition) is 0. The largest absolute Gasteiger partial charge is 0.0622 e. The molecular weight excluding hydrogens is 360 g/mol. The molecule has 0 aromatic carbocycles. The number of hydrogen-bond acceptors (Lipinski definition) is 0. The average molecular weight is 417 g/mol. The minimum Gasteiger partial charge on any atom is -0.0622 e. The second-order valence-electron chi connectivity index (χ2n) is 14.2. The Morgan fingerprint density at radius 1 is 0.867 bits per heavy atom. The van der Waals surface area contributed by atoms with Crippen molar-refractivity contribution in [2.75, 3.05) is 0 Å². The summed E-state index contributed by atoms with van der Waals surface area (Å²) >= 11 is 0. The molecule has 3 rings (SSSR count). The van der Waals surface area contributed by atoms with Gasteiger partial charge < -0.3 is 0 Å². The van der Waals surface area contributed by atoms with E-state index in [1.165, 1.54) is 83.5 Å². The second-order valence-corrected chi connectivity index (χ2v) is 14.2. The molecule has 0 aromatic rings. The Morgan fingerprint density at radius 2 is 1.57 bits per heavy atom. The van der Waals surface area contributed by atoms with Crippen LogP contribution < -0.4 is 0 Å². The first-order chi connectivity index (χ1) is 14.0. The van der Waals surface area contributed by atoms with Gasteiger partial charge in [0.2, 0.25) is 0 Å². The van der Waals surface area contributed by atoms with Crippen LogP contribution in [0.1, 0.15) is 139 Å². The molecule has 176 valence electrons. The van der Waals surface area contributed by atoms with Crippen LogP contribution in [0.5, 0.6) is 0 Å². The van der Waals surface area contributed by atoms with Crippen LogP contribution in [0.2, 0.25) is 0 Å². The van der Waals surface area contributed by atoms with Gasteiger partial charge in [0.15, 0.2) is 0 Å². The molecule has 0 saturated heterocycles. The van der Waals surface area contributed by atoms with Crippen molar-refractivity contribution in [3.05, 3.63) is 0 Å². The van der Waals surface area contributed by atoms with E-state index in [4.69, 9.17) is 0 Å². The first-order valence-corrected chi connectivity index (χ1v) is 14.0. The van der Waals surface area contributed by atoms with Crippen LogP contribution in [0, 0.1) is 51.8 Å². The molecule has 7 atom stereocenters. The second kappa shape index (κ2) is 9.47. The van der Waals surface area contributed by atoms with Gasteiger partial charge in [0, 0.05) is 0 Å². The fraction of sp³-hybridized carbons (Fsp3) is 1.00. The molecule has 0 aromatic heterocycles. The van der Waals surface area contributed by atoms with Gasteiger partial charge in [-0.05, 0) is 110 Å². The maximum Gasteiger partial charge on any atom is -0.0243 e. The molecule has 30 heavy (non-hydrogen) atoms. The van der Waals surface area contributed by atoms with Crippen LogP contribution in [0.25, 0.3) is 0 Å². The van der Waals surface area contributed by atoms with Crippen molar-refractivity contribution in [3.63, 3.8) is 0 Å². The van der Waals surface area contributed by atoms with Gasteiger partial charge >= 0.3 is 0 Å². The van der Waals surface area contributed by atoms with Crippen molar-refractivity contribution >= 4 is 0 Å². The maximum atomic E-state index is 2.69. The molecule has 3 aliphatic rings. The molecule has 0 amide bonds. The van der Waals surface area contributed by atoms with E-state index >= 15 is 0 Å². The van der Waals surface area contributed by atoms with E-state index in [1.54, 1.807) is 0 Å². The average Bonchev–Trinajstić information content (AvgIpc) is 3.07. The molecule has 3 saturated carbocycles. The van der Waals surface area contributed by atoms with Crippen molar-refractivity contribution in [1.29, 1.82) is 0 Å². The van der Waals surface area contributed by atoms with Gasteiger partial charge in [-0.15, -0.1) is 0 Å². The van der Waals surface area contributed by atoms with Crippen LogP contribution in [-0.2, 0) is 0 Å². The highest BCUT2D eigenvalue weighted by Crippen LogP contribution is 2.61. The molecule has 0 spiro atoms. The quantitative estimate of drug-likeness (QED) is 0.387. The lowest BCUT2D eigenvalue weighted by atomic mass is 9.54. The summed E-state index contributed by atoms with van der Waals surface area (Å²) < 4.78 is 0. The molecule has 7 unspecified atom stereocenters.